The number of para-hydroxylation sites is 1. The molecule has 1 unspecified atom stereocenters. The van der Waals surface area contributed by atoms with Crippen molar-refractivity contribution >= 4 is 23.5 Å². The Balaban J connectivity index is 1.58. The summed E-state index contributed by atoms with van der Waals surface area (Å²) in [5.74, 6) is -1.63. The summed E-state index contributed by atoms with van der Waals surface area (Å²) in [5, 5.41) is 22.8. The van der Waals surface area contributed by atoms with Gasteiger partial charge in [0.25, 0.3) is 5.69 Å². The SMILES string of the molecule is O=C(O)CCNC(=O)C1Cc2ncn(Cc3ccccc3[N+](=O)[O-])c2CN1C(=O)C1CC1. The van der Waals surface area contributed by atoms with Crippen LogP contribution in [0.4, 0.5) is 5.69 Å². The predicted molar refractivity (Wildman–Crippen MR) is 110 cm³/mol. The number of amides is 2. The summed E-state index contributed by atoms with van der Waals surface area (Å²) >= 11 is 0. The molecule has 0 saturated heterocycles. The second-order valence-corrected chi connectivity index (χ2v) is 8.05. The number of imidazole rings is 1. The van der Waals surface area contributed by atoms with Gasteiger partial charge in [0.05, 0.1) is 42.1 Å². The number of nitro groups is 1. The van der Waals surface area contributed by atoms with Gasteiger partial charge in [-0.05, 0) is 12.8 Å². The Morgan fingerprint density at radius 1 is 1.25 bits per heavy atom. The molecular weight excluding hydrogens is 418 g/mol. The Morgan fingerprint density at radius 2 is 2.00 bits per heavy atom. The van der Waals surface area contributed by atoms with E-state index in [1.54, 1.807) is 29.1 Å². The number of carboxylic acids is 1. The van der Waals surface area contributed by atoms with E-state index >= 15 is 0 Å². The van der Waals surface area contributed by atoms with Crippen molar-refractivity contribution in [3.05, 3.63) is 57.7 Å². The zero-order valence-corrected chi connectivity index (χ0v) is 17.3. The van der Waals surface area contributed by atoms with Crippen LogP contribution in [0.3, 0.4) is 0 Å². The van der Waals surface area contributed by atoms with E-state index in [1.807, 2.05) is 0 Å². The van der Waals surface area contributed by atoms with Crippen LogP contribution in [-0.2, 0) is 33.9 Å². The number of carbonyl (C=O) groups excluding carboxylic acids is 2. The zero-order valence-electron chi connectivity index (χ0n) is 17.3. The number of carboxylic acid groups (broad SMARTS) is 1. The van der Waals surface area contributed by atoms with Crippen LogP contribution in [0.25, 0.3) is 0 Å². The van der Waals surface area contributed by atoms with Crippen LogP contribution in [0.15, 0.2) is 30.6 Å². The largest absolute Gasteiger partial charge is 0.481 e. The van der Waals surface area contributed by atoms with E-state index in [2.05, 4.69) is 10.3 Å². The summed E-state index contributed by atoms with van der Waals surface area (Å²) in [6.07, 6.45) is 3.14. The number of nitro benzene ring substituents is 1. The Morgan fingerprint density at radius 3 is 2.69 bits per heavy atom. The van der Waals surface area contributed by atoms with Gasteiger partial charge in [0.2, 0.25) is 11.8 Å². The second kappa shape index (κ2) is 8.77. The monoisotopic (exact) mass is 441 g/mol. The van der Waals surface area contributed by atoms with Crippen molar-refractivity contribution < 1.29 is 24.4 Å². The molecule has 2 aromatic rings. The first-order chi connectivity index (χ1) is 15.3. The number of carbonyl (C=O) groups is 3. The zero-order chi connectivity index (χ0) is 22.8. The maximum Gasteiger partial charge on any atom is 0.305 e. The first-order valence-electron chi connectivity index (χ1n) is 10.4. The molecule has 1 aliphatic carbocycles. The Kier molecular flexibility index (Phi) is 5.89. The highest BCUT2D eigenvalue weighted by Gasteiger charge is 2.42. The molecule has 1 atom stereocenters. The lowest BCUT2D eigenvalue weighted by molar-refractivity contribution is -0.385. The van der Waals surface area contributed by atoms with Crippen LogP contribution < -0.4 is 5.32 Å². The fourth-order valence-corrected chi connectivity index (χ4v) is 3.95. The topological polar surface area (TPSA) is 148 Å². The third kappa shape index (κ3) is 4.46. The smallest absolute Gasteiger partial charge is 0.305 e. The van der Waals surface area contributed by atoms with Crippen molar-refractivity contribution in [2.45, 2.75) is 44.8 Å². The normalized spacial score (nSPS) is 17.5. The molecule has 11 heteroatoms. The van der Waals surface area contributed by atoms with Gasteiger partial charge in [0, 0.05) is 30.5 Å². The highest BCUT2D eigenvalue weighted by atomic mass is 16.6. The van der Waals surface area contributed by atoms with Gasteiger partial charge in [0.1, 0.15) is 6.04 Å². The van der Waals surface area contributed by atoms with Crippen LogP contribution in [-0.4, -0.2) is 54.9 Å². The Hall–Kier alpha value is -3.76. The number of aliphatic carboxylic acids is 1. The second-order valence-electron chi connectivity index (χ2n) is 8.05. The van der Waals surface area contributed by atoms with Gasteiger partial charge in [-0.1, -0.05) is 18.2 Å². The van der Waals surface area contributed by atoms with Crippen molar-refractivity contribution in [1.29, 1.82) is 0 Å². The predicted octanol–water partition coefficient (Wildman–Crippen LogP) is 1.09. The van der Waals surface area contributed by atoms with Gasteiger partial charge in [-0.2, -0.15) is 0 Å². The average molecular weight is 441 g/mol. The molecule has 2 heterocycles. The summed E-state index contributed by atoms with van der Waals surface area (Å²) < 4.78 is 1.78. The quantitative estimate of drug-likeness (QED) is 0.460. The molecule has 11 nitrogen and oxygen atoms in total. The van der Waals surface area contributed by atoms with Crippen LogP contribution >= 0.6 is 0 Å². The van der Waals surface area contributed by atoms with Crippen molar-refractivity contribution in [2.24, 2.45) is 5.92 Å². The standard InChI is InChI=1S/C21H23N5O6/c27-19(28)7-8-22-20(29)17-9-15-18(11-25(17)21(30)13-5-6-13)24(12-23-15)10-14-3-1-2-4-16(14)26(31)32/h1-4,12-13,17H,5-11H2,(H,22,29)(H,27,28). The average Bonchev–Trinajstić information content (AvgIpc) is 3.54. The molecule has 1 aromatic carbocycles. The third-order valence-corrected chi connectivity index (χ3v) is 5.80. The number of nitrogens with one attached hydrogen (secondary N) is 1. The molecule has 168 valence electrons. The molecule has 4 rings (SSSR count). The van der Waals surface area contributed by atoms with Gasteiger partial charge < -0.3 is 19.9 Å². The minimum absolute atomic E-state index is 0.00681. The fourth-order valence-electron chi connectivity index (χ4n) is 3.95. The summed E-state index contributed by atoms with van der Waals surface area (Å²) in [6.45, 7) is 0.373. The lowest BCUT2D eigenvalue weighted by Gasteiger charge is -2.35. The molecule has 32 heavy (non-hydrogen) atoms. The number of hydrogen-bond donors (Lipinski definition) is 2. The number of benzene rings is 1. The molecule has 1 saturated carbocycles. The van der Waals surface area contributed by atoms with Crippen molar-refractivity contribution in [1.82, 2.24) is 19.8 Å². The van der Waals surface area contributed by atoms with Gasteiger partial charge >= 0.3 is 5.97 Å². The van der Waals surface area contributed by atoms with E-state index in [0.29, 0.717) is 11.3 Å². The van der Waals surface area contributed by atoms with Crippen molar-refractivity contribution in [3.8, 4) is 0 Å². The summed E-state index contributed by atoms with van der Waals surface area (Å²) in [4.78, 5) is 53.3. The number of fused-ring (bicyclic) bond motifs is 1. The van der Waals surface area contributed by atoms with E-state index < -0.39 is 22.8 Å². The summed E-state index contributed by atoms with van der Waals surface area (Å²) in [7, 11) is 0. The van der Waals surface area contributed by atoms with Gasteiger partial charge in [-0.3, -0.25) is 24.5 Å². The van der Waals surface area contributed by atoms with Gasteiger partial charge in [-0.15, -0.1) is 0 Å². The molecule has 1 fully saturated rings. The fraction of sp³-hybridized carbons (Fsp3) is 0.429. The highest BCUT2D eigenvalue weighted by molar-refractivity contribution is 5.90. The maximum atomic E-state index is 12.9. The summed E-state index contributed by atoms with van der Waals surface area (Å²) in [6, 6.07) is 5.69. The van der Waals surface area contributed by atoms with E-state index in [1.165, 1.54) is 11.0 Å². The molecule has 0 radical (unpaired) electrons. The molecule has 1 aliphatic heterocycles. The lowest BCUT2D eigenvalue weighted by Crippen LogP contribution is -2.53. The van der Waals surface area contributed by atoms with E-state index in [-0.39, 0.29) is 50.0 Å². The number of hydrogen-bond acceptors (Lipinski definition) is 6. The number of nitrogens with zero attached hydrogens (tertiary/aromatic N) is 4. The van der Waals surface area contributed by atoms with E-state index in [0.717, 1.165) is 18.5 Å². The summed E-state index contributed by atoms with van der Waals surface area (Å²) in [5.41, 5.74) is 1.92. The van der Waals surface area contributed by atoms with Crippen molar-refractivity contribution in [3.63, 3.8) is 0 Å². The molecule has 2 N–H and O–H groups in total. The Bertz CT molecular complexity index is 1080. The minimum Gasteiger partial charge on any atom is -0.481 e. The van der Waals surface area contributed by atoms with Crippen LogP contribution in [0.1, 0.15) is 36.2 Å². The Labute approximate surface area is 183 Å². The number of aromatic nitrogens is 2. The lowest BCUT2D eigenvalue weighted by atomic mass is 10.0. The first kappa shape index (κ1) is 21.5. The number of rotatable bonds is 8. The third-order valence-electron chi connectivity index (χ3n) is 5.80. The molecule has 2 aliphatic rings. The molecule has 2 amide bonds. The molecule has 0 spiro atoms. The molecule has 0 bridgehead atoms. The van der Waals surface area contributed by atoms with Crippen LogP contribution in [0, 0.1) is 16.0 Å². The highest BCUT2D eigenvalue weighted by Crippen LogP contribution is 2.34. The van der Waals surface area contributed by atoms with Crippen LogP contribution in [0.5, 0.6) is 0 Å². The first-order valence-corrected chi connectivity index (χ1v) is 10.4. The van der Waals surface area contributed by atoms with E-state index in [9.17, 15) is 24.5 Å². The van der Waals surface area contributed by atoms with Gasteiger partial charge in [0.15, 0.2) is 0 Å². The maximum absolute atomic E-state index is 12.9. The van der Waals surface area contributed by atoms with Crippen LogP contribution in [0.2, 0.25) is 0 Å². The van der Waals surface area contributed by atoms with Gasteiger partial charge in [-0.25, -0.2) is 4.98 Å². The van der Waals surface area contributed by atoms with E-state index in [4.69, 9.17) is 5.11 Å². The molecular formula is C21H23N5O6. The molecule has 1 aromatic heterocycles. The minimum atomic E-state index is -1.02. The van der Waals surface area contributed by atoms with Crippen molar-refractivity contribution in [2.75, 3.05) is 6.54 Å².